The monoisotopic (exact) mass is 373 g/mol. The molecule has 27 heavy (non-hydrogen) atoms. The zero-order valence-electron chi connectivity index (χ0n) is 15.0. The maximum Gasteiger partial charge on any atom is 0.243 e. The summed E-state index contributed by atoms with van der Waals surface area (Å²) in [6.07, 6.45) is 0. The van der Waals surface area contributed by atoms with E-state index in [0.717, 1.165) is 22.3 Å². The summed E-state index contributed by atoms with van der Waals surface area (Å²) in [5, 5.41) is 0. The van der Waals surface area contributed by atoms with Gasteiger partial charge in [-0.15, -0.1) is 0 Å². The van der Waals surface area contributed by atoms with E-state index < -0.39 is 10.0 Å². The Hall–Kier alpha value is -2.87. The second-order valence-corrected chi connectivity index (χ2v) is 8.50. The van der Waals surface area contributed by atoms with Gasteiger partial charge in [-0.2, -0.15) is 4.31 Å². The van der Waals surface area contributed by atoms with Crippen LogP contribution in [0.2, 0.25) is 0 Å². The molecule has 2 atom stereocenters. The Morgan fingerprint density at radius 1 is 0.852 bits per heavy atom. The summed E-state index contributed by atoms with van der Waals surface area (Å²) < 4.78 is 27.3. The van der Waals surface area contributed by atoms with Crippen molar-refractivity contribution in [1.29, 1.82) is 0 Å². The Morgan fingerprint density at radius 3 is 2.26 bits per heavy atom. The lowest BCUT2D eigenvalue weighted by molar-refractivity contribution is 0.554. The van der Waals surface area contributed by atoms with Crippen molar-refractivity contribution in [2.45, 2.75) is 17.9 Å². The minimum Gasteiger partial charge on any atom is -0.207 e. The fourth-order valence-electron chi connectivity index (χ4n) is 3.05. The summed E-state index contributed by atoms with van der Waals surface area (Å²) in [5.74, 6) is 6.36. The van der Waals surface area contributed by atoms with Gasteiger partial charge in [-0.05, 0) is 42.8 Å². The maximum absolute atomic E-state index is 12.9. The summed E-state index contributed by atoms with van der Waals surface area (Å²) in [7, 11) is -3.48. The number of hydrogen-bond acceptors (Lipinski definition) is 2. The van der Waals surface area contributed by atoms with E-state index in [9.17, 15) is 8.42 Å². The Morgan fingerprint density at radius 2 is 1.52 bits per heavy atom. The van der Waals surface area contributed by atoms with E-state index in [2.05, 4.69) is 11.8 Å². The molecule has 4 rings (SSSR count). The molecule has 1 aliphatic rings. The number of nitrogens with zero attached hydrogens (tertiary/aromatic N) is 1. The molecule has 1 saturated heterocycles. The fourth-order valence-corrected chi connectivity index (χ4v) is 4.59. The van der Waals surface area contributed by atoms with Gasteiger partial charge in [0, 0.05) is 17.7 Å². The summed E-state index contributed by atoms with van der Waals surface area (Å²) in [6, 6.07) is 24.4. The molecule has 2 unspecified atom stereocenters. The number of hydrogen-bond donors (Lipinski definition) is 0. The lowest BCUT2D eigenvalue weighted by Gasteiger charge is -2.08. The standard InChI is InChI=1S/C23H19NO2S/c1-18-11-15-21(16-12-18)27(25,26)24-17-23(24)22-10-6-5-9-20(22)14-13-19-7-3-2-4-8-19/h2-12,15-16,23H,17H2,1H3. The lowest BCUT2D eigenvalue weighted by Crippen LogP contribution is -2.13. The van der Waals surface area contributed by atoms with E-state index in [-0.39, 0.29) is 6.04 Å². The van der Waals surface area contributed by atoms with Crippen LogP contribution in [0.4, 0.5) is 0 Å². The number of benzene rings is 3. The highest BCUT2D eigenvalue weighted by Crippen LogP contribution is 2.41. The summed E-state index contributed by atoms with van der Waals surface area (Å²) in [4.78, 5) is 0.337. The molecule has 1 fully saturated rings. The van der Waals surface area contributed by atoms with Gasteiger partial charge in [-0.1, -0.05) is 65.9 Å². The summed E-state index contributed by atoms with van der Waals surface area (Å²) >= 11 is 0. The van der Waals surface area contributed by atoms with E-state index in [0.29, 0.717) is 11.4 Å². The molecule has 0 saturated carbocycles. The molecule has 0 spiro atoms. The second-order valence-electron chi connectivity index (χ2n) is 6.61. The molecule has 0 aliphatic carbocycles. The topological polar surface area (TPSA) is 37.1 Å². The van der Waals surface area contributed by atoms with E-state index in [1.165, 1.54) is 4.31 Å². The smallest absolute Gasteiger partial charge is 0.207 e. The molecule has 3 nitrogen and oxygen atoms in total. The van der Waals surface area contributed by atoms with Crippen LogP contribution in [0.3, 0.4) is 0 Å². The first-order valence-corrected chi connectivity index (χ1v) is 10.2. The third kappa shape index (κ3) is 3.66. The van der Waals surface area contributed by atoms with Crippen LogP contribution in [0.15, 0.2) is 83.8 Å². The zero-order valence-corrected chi connectivity index (χ0v) is 15.8. The van der Waals surface area contributed by atoms with E-state index >= 15 is 0 Å². The number of rotatable bonds is 3. The average molecular weight is 373 g/mol. The normalized spacial score (nSPS) is 18.4. The van der Waals surface area contributed by atoms with Gasteiger partial charge in [0.2, 0.25) is 10.0 Å². The molecule has 0 N–H and O–H groups in total. The largest absolute Gasteiger partial charge is 0.243 e. The molecule has 1 heterocycles. The molecule has 0 bridgehead atoms. The molecule has 3 aromatic carbocycles. The van der Waals surface area contributed by atoms with Crippen molar-refractivity contribution < 1.29 is 8.42 Å². The molecule has 1 aliphatic heterocycles. The minimum absolute atomic E-state index is 0.155. The quantitative estimate of drug-likeness (QED) is 0.511. The lowest BCUT2D eigenvalue weighted by atomic mass is 10.0. The van der Waals surface area contributed by atoms with E-state index in [1.54, 1.807) is 12.1 Å². The van der Waals surface area contributed by atoms with Crippen molar-refractivity contribution in [2.75, 3.05) is 6.54 Å². The van der Waals surface area contributed by atoms with Crippen LogP contribution in [0, 0.1) is 18.8 Å². The number of sulfonamides is 1. The van der Waals surface area contributed by atoms with Crippen LogP contribution in [-0.4, -0.2) is 19.3 Å². The van der Waals surface area contributed by atoms with E-state index in [1.807, 2.05) is 73.7 Å². The predicted molar refractivity (Wildman–Crippen MR) is 107 cm³/mol. The van der Waals surface area contributed by atoms with Gasteiger partial charge in [-0.3, -0.25) is 0 Å². The SMILES string of the molecule is Cc1ccc(S(=O)(=O)N2CC2c2ccccc2C#Cc2ccccc2)cc1. The maximum atomic E-state index is 12.9. The highest BCUT2D eigenvalue weighted by Gasteiger charge is 2.46. The highest BCUT2D eigenvalue weighted by molar-refractivity contribution is 7.89. The van der Waals surface area contributed by atoms with Crippen LogP contribution in [-0.2, 0) is 10.0 Å². The van der Waals surface area contributed by atoms with Crippen molar-refractivity contribution in [2.24, 2.45) is 0 Å². The first-order valence-electron chi connectivity index (χ1n) is 8.80. The van der Waals surface area contributed by atoms with Crippen LogP contribution in [0.1, 0.15) is 28.3 Å². The molecular formula is C23H19NO2S. The Kier molecular flexibility index (Phi) is 4.57. The van der Waals surface area contributed by atoms with Gasteiger partial charge in [0.1, 0.15) is 0 Å². The second kappa shape index (κ2) is 7.03. The van der Waals surface area contributed by atoms with Gasteiger partial charge in [0.05, 0.1) is 10.9 Å². The molecule has 0 amide bonds. The van der Waals surface area contributed by atoms with Crippen LogP contribution in [0.5, 0.6) is 0 Å². The average Bonchev–Trinajstić information content (AvgIpc) is 3.49. The van der Waals surface area contributed by atoms with Crippen molar-refractivity contribution in [3.05, 3.63) is 101 Å². The van der Waals surface area contributed by atoms with Crippen LogP contribution < -0.4 is 0 Å². The third-order valence-corrected chi connectivity index (χ3v) is 6.52. The fraction of sp³-hybridized carbons (Fsp3) is 0.130. The third-order valence-electron chi connectivity index (χ3n) is 4.63. The Bertz CT molecular complexity index is 1120. The first kappa shape index (κ1) is 17.5. The minimum atomic E-state index is -3.48. The Labute approximate surface area is 160 Å². The van der Waals surface area contributed by atoms with Crippen molar-refractivity contribution in [3.8, 4) is 11.8 Å². The van der Waals surface area contributed by atoms with Crippen LogP contribution in [0.25, 0.3) is 0 Å². The van der Waals surface area contributed by atoms with Gasteiger partial charge in [-0.25, -0.2) is 8.42 Å². The Balaban J connectivity index is 1.61. The van der Waals surface area contributed by atoms with Crippen molar-refractivity contribution >= 4 is 10.0 Å². The first-order chi connectivity index (χ1) is 13.1. The van der Waals surface area contributed by atoms with Gasteiger partial charge in [0.15, 0.2) is 0 Å². The number of aryl methyl sites for hydroxylation is 1. The predicted octanol–water partition coefficient (Wildman–Crippen LogP) is 4.14. The van der Waals surface area contributed by atoms with Crippen molar-refractivity contribution in [1.82, 2.24) is 4.31 Å². The van der Waals surface area contributed by atoms with E-state index in [4.69, 9.17) is 0 Å². The molecular weight excluding hydrogens is 354 g/mol. The molecule has 3 aromatic rings. The van der Waals surface area contributed by atoms with Crippen LogP contribution >= 0.6 is 0 Å². The molecule has 0 aromatic heterocycles. The summed E-state index contributed by atoms with van der Waals surface area (Å²) in [6.45, 7) is 2.43. The molecule has 134 valence electrons. The van der Waals surface area contributed by atoms with Gasteiger partial charge in [0.25, 0.3) is 0 Å². The zero-order chi connectivity index (χ0) is 18.9. The molecule has 4 heteroatoms. The van der Waals surface area contributed by atoms with Gasteiger partial charge >= 0.3 is 0 Å². The highest BCUT2D eigenvalue weighted by atomic mass is 32.2. The summed E-state index contributed by atoms with van der Waals surface area (Å²) in [5.41, 5.74) is 3.80. The van der Waals surface area contributed by atoms with Gasteiger partial charge < -0.3 is 0 Å². The molecule has 0 radical (unpaired) electrons. The van der Waals surface area contributed by atoms with Crippen molar-refractivity contribution in [3.63, 3.8) is 0 Å².